The van der Waals surface area contributed by atoms with E-state index < -0.39 is 0 Å². The maximum absolute atomic E-state index is 6.02. The zero-order chi connectivity index (χ0) is 12.3. The van der Waals surface area contributed by atoms with Crippen LogP contribution in [0.15, 0.2) is 18.2 Å². The lowest BCUT2D eigenvalue weighted by Gasteiger charge is -2.22. The van der Waals surface area contributed by atoms with Gasteiger partial charge in [-0.05, 0) is 48.8 Å². The van der Waals surface area contributed by atoms with Gasteiger partial charge < -0.3 is 10.5 Å². The van der Waals surface area contributed by atoms with E-state index in [4.69, 9.17) is 10.5 Å². The number of aryl methyl sites for hydroxylation is 1. The Morgan fingerprint density at radius 1 is 1.24 bits per heavy atom. The molecule has 0 saturated carbocycles. The molecule has 2 rings (SSSR count). The molecule has 0 saturated heterocycles. The van der Waals surface area contributed by atoms with Crippen molar-refractivity contribution in [3.8, 4) is 5.75 Å². The molecular weight excluding hydrogens is 210 g/mol. The molecule has 1 aliphatic carbocycles. The molecule has 0 fully saturated rings. The lowest BCUT2D eigenvalue weighted by atomic mass is 9.91. The normalized spacial score (nSPS) is 16.7. The molecule has 0 bridgehead atoms. The van der Waals surface area contributed by atoms with Gasteiger partial charge in [0, 0.05) is 6.04 Å². The van der Waals surface area contributed by atoms with Crippen LogP contribution in [0.25, 0.3) is 0 Å². The molecule has 94 valence electrons. The van der Waals surface area contributed by atoms with Gasteiger partial charge >= 0.3 is 0 Å². The van der Waals surface area contributed by atoms with Crippen LogP contribution in [0.5, 0.6) is 5.75 Å². The predicted molar refractivity (Wildman–Crippen MR) is 71.4 cm³/mol. The van der Waals surface area contributed by atoms with Crippen molar-refractivity contribution < 1.29 is 4.74 Å². The van der Waals surface area contributed by atoms with Gasteiger partial charge in [0.2, 0.25) is 0 Å². The Kier molecular flexibility index (Phi) is 4.06. The highest BCUT2D eigenvalue weighted by Gasteiger charge is 2.15. The second kappa shape index (κ2) is 5.54. The van der Waals surface area contributed by atoms with Gasteiger partial charge in [-0.3, -0.25) is 0 Å². The van der Waals surface area contributed by atoms with Crippen molar-refractivity contribution in [2.45, 2.75) is 45.6 Å². The maximum atomic E-state index is 6.02. The first-order chi connectivity index (χ1) is 8.18. The molecule has 0 aromatic heterocycles. The van der Waals surface area contributed by atoms with E-state index in [9.17, 15) is 0 Å². The first-order valence-electron chi connectivity index (χ1n) is 6.67. The summed E-state index contributed by atoms with van der Waals surface area (Å²) in [7, 11) is 0. The van der Waals surface area contributed by atoms with Crippen LogP contribution in [0.1, 0.15) is 37.8 Å². The van der Waals surface area contributed by atoms with Crippen molar-refractivity contribution in [3.05, 3.63) is 29.3 Å². The van der Waals surface area contributed by atoms with E-state index in [0.29, 0.717) is 12.5 Å². The van der Waals surface area contributed by atoms with E-state index in [-0.39, 0.29) is 6.04 Å². The summed E-state index contributed by atoms with van der Waals surface area (Å²) >= 11 is 0. The molecule has 0 spiro atoms. The largest absolute Gasteiger partial charge is 0.492 e. The minimum atomic E-state index is 0.120. The third-order valence-corrected chi connectivity index (χ3v) is 3.64. The first-order valence-corrected chi connectivity index (χ1v) is 6.67. The Morgan fingerprint density at radius 2 is 2.00 bits per heavy atom. The number of ether oxygens (including phenoxy) is 1. The van der Waals surface area contributed by atoms with Gasteiger partial charge in [-0.1, -0.05) is 26.0 Å². The lowest BCUT2D eigenvalue weighted by molar-refractivity contribution is 0.256. The Balaban J connectivity index is 2.06. The number of hydrogen-bond acceptors (Lipinski definition) is 2. The molecule has 17 heavy (non-hydrogen) atoms. The number of nitrogens with two attached hydrogens (primary N) is 1. The van der Waals surface area contributed by atoms with Gasteiger partial charge in [-0.15, -0.1) is 0 Å². The molecule has 0 unspecified atom stereocenters. The number of hydrogen-bond donors (Lipinski definition) is 1. The fourth-order valence-electron chi connectivity index (χ4n) is 2.26. The highest BCUT2D eigenvalue weighted by molar-refractivity contribution is 5.41. The second-order valence-electron chi connectivity index (χ2n) is 5.32. The van der Waals surface area contributed by atoms with Gasteiger partial charge in [0.25, 0.3) is 0 Å². The second-order valence-corrected chi connectivity index (χ2v) is 5.32. The van der Waals surface area contributed by atoms with Crippen LogP contribution in [-0.4, -0.2) is 12.6 Å². The topological polar surface area (TPSA) is 35.2 Å². The number of rotatable bonds is 4. The lowest BCUT2D eigenvalue weighted by Crippen LogP contribution is -2.33. The smallest absolute Gasteiger partial charge is 0.122 e. The number of fused-ring (bicyclic) bond motifs is 1. The van der Waals surface area contributed by atoms with Crippen LogP contribution in [0.2, 0.25) is 0 Å². The molecular formula is C15H23NO. The Labute approximate surface area is 104 Å². The average molecular weight is 233 g/mol. The SMILES string of the molecule is CC(C)[C@H](N)COc1cccc2c1CCCC2. The molecule has 0 heterocycles. The monoisotopic (exact) mass is 233 g/mol. The summed E-state index contributed by atoms with van der Waals surface area (Å²) in [4.78, 5) is 0. The van der Waals surface area contributed by atoms with Crippen molar-refractivity contribution in [1.29, 1.82) is 0 Å². The predicted octanol–water partition coefficient (Wildman–Crippen LogP) is 2.93. The summed E-state index contributed by atoms with van der Waals surface area (Å²) in [5, 5.41) is 0. The van der Waals surface area contributed by atoms with Crippen molar-refractivity contribution in [1.82, 2.24) is 0 Å². The summed E-state index contributed by atoms with van der Waals surface area (Å²) in [6.45, 7) is 4.89. The van der Waals surface area contributed by atoms with Crippen LogP contribution in [-0.2, 0) is 12.8 Å². The summed E-state index contributed by atoms with van der Waals surface area (Å²) < 4.78 is 5.90. The standard InChI is InChI=1S/C15H23NO/c1-11(2)14(16)10-17-15-9-5-7-12-6-3-4-8-13(12)15/h5,7,9,11,14H,3-4,6,8,10,16H2,1-2H3/t14-/m1/s1. The van der Waals surface area contributed by atoms with Crippen LogP contribution in [0.3, 0.4) is 0 Å². The summed E-state index contributed by atoms with van der Waals surface area (Å²) in [6, 6.07) is 6.52. The highest BCUT2D eigenvalue weighted by atomic mass is 16.5. The van der Waals surface area contributed by atoms with E-state index >= 15 is 0 Å². The zero-order valence-electron chi connectivity index (χ0n) is 10.9. The van der Waals surface area contributed by atoms with E-state index in [1.54, 1.807) is 0 Å². The van der Waals surface area contributed by atoms with Gasteiger partial charge in [0.15, 0.2) is 0 Å². The molecule has 1 aliphatic rings. The molecule has 0 radical (unpaired) electrons. The average Bonchev–Trinajstić information content (AvgIpc) is 2.35. The molecule has 0 amide bonds. The molecule has 0 aliphatic heterocycles. The fourth-order valence-corrected chi connectivity index (χ4v) is 2.26. The summed E-state index contributed by atoms with van der Waals surface area (Å²) in [5.74, 6) is 1.52. The molecule has 1 aromatic carbocycles. The Morgan fingerprint density at radius 3 is 2.76 bits per heavy atom. The quantitative estimate of drug-likeness (QED) is 0.868. The third-order valence-electron chi connectivity index (χ3n) is 3.64. The molecule has 2 heteroatoms. The Bertz CT molecular complexity index is 373. The molecule has 2 nitrogen and oxygen atoms in total. The summed E-state index contributed by atoms with van der Waals surface area (Å²) in [6.07, 6.45) is 4.94. The maximum Gasteiger partial charge on any atom is 0.122 e. The van der Waals surface area contributed by atoms with E-state index in [0.717, 1.165) is 12.2 Å². The van der Waals surface area contributed by atoms with E-state index in [2.05, 4.69) is 32.0 Å². The van der Waals surface area contributed by atoms with Crippen LogP contribution in [0, 0.1) is 5.92 Å². The summed E-state index contributed by atoms with van der Waals surface area (Å²) in [5.41, 5.74) is 8.89. The van der Waals surface area contributed by atoms with Gasteiger partial charge in [0.05, 0.1) is 0 Å². The third kappa shape index (κ3) is 3.01. The van der Waals surface area contributed by atoms with Crippen LogP contribution >= 0.6 is 0 Å². The first kappa shape index (κ1) is 12.4. The highest BCUT2D eigenvalue weighted by Crippen LogP contribution is 2.29. The zero-order valence-corrected chi connectivity index (χ0v) is 10.9. The van der Waals surface area contributed by atoms with Crippen molar-refractivity contribution in [2.75, 3.05) is 6.61 Å². The number of benzene rings is 1. The molecule has 2 N–H and O–H groups in total. The molecule has 1 atom stereocenters. The minimum Gasteiger partial charge on any atom is -0.492 e. The van der Waals surface area contributed by atoms with Gasteiger partial charge in [-0.2, -0.15) is 0 Å². The minimum absolute atomic E-state index is 0.120. The Hall–Kier alpha value is -1.02. The van der Waals surface area contributed by atoms with E-state index in [1.807, 2.05) is 0 Å². The van der Waals surface area contributed by atoms with Crippen molar-refractivity contribution in [2.24, 2.45) is 11.7 Å². The fraction of sp³-hybridized carbons (Fsp3) is 0.600. The molecule has 1 aromatic rings. The van der Waals surface area contributed by atoms with Crippen LogP contribution in [0.4, 0.5) is 0 Å². The van der Waals surface area contributed by atoms with Crippen molar-refractivity contribution in [3.63, 3.8) is 0 Å². The van der Waals surface area contributed by atoms with Crippen molar-refractivity contribution >= 4 is 0 Å². The van der Waals surface area contributed by atoms with Gasteiger partial charge in [0.1, 0.15) is 12.4 Å². The van der Waals surface area contributed by atoms with Gasteiger partial charge in [-0.25, -0.2) is 0 Å². The van der Waals surface area contributed by atoms with Crippen LogP contribution < -0.4 is 10.5 Å². The van der Waals surface area contributed by atoms with E-state index in [1.165, 1.54) is 30.4 Å².